The Kier molecular flexibility index (Phi) is 4.17. The van der Waals surface area contributed by atoms with E-state index in [9.17, 15) is 4.79 Å². The highest BCUT2D eigenvalue weighted by Gasteiger charge is 2.44. The molecule has 4 rings (SSSR count). The van der Waals surface area contributed by atoms with Gasteiger partial charge in [-0.3, -0.25) is 0 Å². The van der Waals surface area contributed by atoms with Gasteiger partial charge in [0.1, 0.15) is 6.61 Å². The van der Waals surface area contributed by atoms with Crippen molar-refractivity contribution in [2.75, 3.05) is 27.9 Å². The quantitative estimate of drug-likeness (QED) is 0.790. The highest BCUT2D eigenvalue weighted by atomic mass is 16.5. The molecule has 0 aromatic heterocycles. The average molecular weight is 352 g/mol. The van der Waals surface area contributed by atoms with Gasteiger partial charge >= 0.3 is 5.97 Å². The molecule has 2 aromatic carbocycles. The SMILES string of the molecule is COc1ccc(C2=C3C(=O)OC[C@@H]3[C@H](OC)c3ccccc32)cc1OC. The number of esters is 1. The maximum atomic E-state index is 12.5. The van der Waals surface area contributed by atoms with Gasteiger partial charge in [-0.25, -0.2) is 4.79 Å². The van der Waals surface area contributed by atoms with Gasteiger partial charge in [0, 0.05) is 12.7 Å². The second kappa shape index (κ2) is 6.50. The van der Waals surface area contributed by atoms with Crippen molar-refractivity contribution in [3.8, 4) is 11.5 Å². The second-order valence-corrected chi connectivity index (χ2v) is 6.31. The first-order chi connectivity index (χ1) is 12.7. The van der Waals surface area contributed by atoms with E-state index in [0.717, 1.165) is 22.3 Å². The van der Waals surface area contributed by atoms with Crippen molar-refractivity contribution < 1.29 is 23.7 Å². The third-order valence-electron chi connectivity index (χ3n) is 5.08. The van der Waals surface area contributed by atoms with E-state index in [2.05, 4.69) is 0 Å². The largest absolute Gasteiger partial charge is 0.493 e. The van der Waals surface area contributed by atoms with Gasteiger partial charge in [0.05, 0.1) is 31.8 Å². The highest BCUT2D eigenvalue weighted by Crippen LogP contribution is 2.49. The summed E-state index contributed by atoms with van der Waals surface area (Å²) < 4.78 is 21.9. The predicted octanol–water partition coefficient (Wildman–Crippen LogP) is 3.38. The molecule has 0 saturated carbocycles. The molecule has 0 unspecified atom stereocenters. The van der Waals surface area contributed by atoms with Crippen molar-refractivity contribution in [3.05, 3.63) is 64.7 Å². The van der Waals surface area contributed by atoms with Gasteiger partial charge in [-0.1, -0.05) is 30.3 Å². The van der Waals surface area contributed by atoms with Crippen LogP contribution in [0.4, 0.5) is 0 Å². The van der Waals surface area contributed by atoms with E-state index < -0.39 is 0 Å². The number of carbonyl (C=O) groups is 1. The monoisotopic (exact) mass is 352 g/mol. The number of fused-ring (bicyclic) bond motifs is 2. The molecule has 1 fully saturated rings. The Labute approximate surface area is 152 Å². The number of carbonyl (C=O) groups excluding carboxylic acids is 1. The topological polar surface area (TPSA) is 54.0 Å². The molecule has 0 N–H and O–H groups in total. The van der Waals surface area contributed by atoms with Crippen LogP contribution in [0.25, 0.3) is 5.57 Å². The zero-order chi connectivity index (χ0) is 18.3. The van der Waals surface area contributed by atoms with Gasteiger partial charge in [0.25, 0.3) is 0 Å². The van der Waals surface area contributed by atoms with Gasteiger partial charge in [-0.2, -0.15) is 0 Å². The number of cyclic esters (lactones) is 1. The van der Waals surface area contributed by atoms with Crippen molar-refractivity contribution in [2.45, 2.75) is 6.10 Å². The van der Waals surface area contributed by atoms with E-state index in [1.807, 2.05) is 42.5 Å². The summed E-state index contributed by atoms with van der Waals surface area (Å²) in [5.74, 6) is 0.862. The summed E-state index contributed by atoms with van der Waals surface area (Å²) in [6.07, 6.45) is -0.198. The first kappa shape index (κ1) is 16.7. The van der Waals surface area contributed by atoms with Crippen LogP contribution in [-0.4, -0.2) is 33.9 Å². The molecule has 134 valence electrons. The van der Waals surface area contributed by atoms with Gasteiger partial charge < -0.3 is 18.9 Å². The standard InChI is InChI=1S/C21H20O5/c1-23-16-9-8-12(10-17(16)24-2)18-13-6-4-5-7-14(13)20(25-3)15-11-26-21(22)19(15)18/h4-10,15,20H,11H2,1-3H3/t15-,20+/m0/s1. The maximum absolute atomic E-state index is 12.5. The van der Waals surface area contributed by atoms with Crippen LogP contribution >= 0.6 is 0 Å². The molecule has 5 nitrogen and oxygen atoms in total. The molecule has 26 heavy (non-hydrogen) atoms. The molecule has 0 spiro atoms. The first-order valence-corrected chi connectivity index (χ1v) is 8.45. The molecule has 0 bridgehead atoms. The average Bonchev–Trinajstić information content (AvgIpc) is 3.06. The van der Waals surface area contributed by atoms with Crippen LogP contribution in [0.2, 0.25) is 0 Å². The van der Waals surface area contributed by atoms with Gasteiger partial charge in [0.2, 0.25) is 0 Å². The number of hydrogen-bond acceptors (Lipinski definition) is 5. The minimum atomic E-state index is -0.281. The molecule has 0 amide bonds. The summed E-state index contributed by atoms with van der Waals surface area (Å²) in [6, 6.07) is 13.7. The van der Waals surface area contributed by atoms with Crippen molar-refractivity contribution in [1.82, 2.24) is 0 Å². The van der Waals surface area contributed by atoms with Crippen molar-refractivity contribution >= 4 is 11.5 Å². The van der Waals surface area contributed by atoms with E-state index in [4.69, 9.17) is 18.9 Å². The van der Waals surface area contributed by atoms with E-state index in [-0.39, 0.29) is 18.0 Å². The third-order valence-corrected chi connectivity index (χ3v) is 5.08. The summed E-state index contributed by atoms with van der Waals surface area (Å²) >= 11 is 0. The van der Waals surface area contributed by atoms with E-state index in [1.165, 1.54) is 0 Å². The molecule has 2 aromatic rings. The third kappa shape index (κ3) is 2.39. The normalized spacial score (nSPS) is 21.1. The molecule has 1 aliphatic carbocycles. The highest BCUT2D eigenvalue weighted by molar-refractivity contribution is 6.05. The van der Waals surface area contributed by atoms with Crippen LogP contribution in [0.15, 0.2) is 48.0 Å². The molecule has 1 heterocycles. The summed E-state index contributed by atoms with van der Waals surface area (Å²) in [5, 5.41) is 0. The summed E-state index contributed by atoms with van der Waals surface area (Å²) in [4.78, 5) is 12.5. The van der Waals surface area contributed by atoms with Gasteiger partial charge in [0.15, 0.2) is 11.5 Å². The molecule has 0 radical (unpaired) electrons. The fraction of sp³-hybridized carbons (Fsp3) is 0.286. The molecule has 5 heteroatoms. The van der Waals surface area contributed by atoms with Crippen molar-refractivity contribution in [1.29, 1.82) is 0 Å². The Bertz CT molecular complexity index is 899. The van der Waals surface area contributed by atoms with Gasteiger partial charge in [-0.15, -0.1) is 0 Å². The summed E-state index contributed by atoms with van der Waals surface area (Å²) in [6.45, 7) is 0.331. The Balaban J connectivity index is 1.98. The van der Waals surface area contributed by atoms with Crippen LogP contribution in [0.3, 0.4) is 0 Å². The minimum absolute atomic E-state index is 0.120. The number of benzene rings is 2. The first-order valence-electron chi connectivity index (χ1n) is 8.45. The predicted molar refractivity (Wildman–Crippen MR) is 96.2 cm³/mol. The lowest BCUT2D eigenvalue weighted by Gasteiger charge is -2.31. The fourth-order valence-electron chi connectivity index (χ4n) is 3.93. The molecule has 1 aliphatic heterocycles. The zero-order valence-electron chi connectivity index (χ0n) is 14.9. The van der Waals surface area contributed by atoms with Crippen LogP contribution in [0.5, 0.6) is 11.5 Å². The van der Waals surface area contributed by atoms with Gasteiger partial charge in [-0.05, 0) is 28.8 Å². The molecular weight excluding hydrogens is 332 g/mol. The van der Waals surface area contributed by atoms with Crippen LogP contribution in [0.1, 0.15) is 22.8 Å². The smallest absolute Gasteiger partial charge is 0.335 e. The minimum Gasteiger partial charge on any atom is -0.493 e. The number of hydrogen-bond donors (Lipinski definition) is 0. The maximum Gasteiger partial charge on any atom is 0.335 e. The van der Waals surface area contributed by atoms with E-state index >= 15 is 0 Å². The van der Waals surface area contributed by atoms with Crippen LogP contribution < -0.4 is 9.47 Å². The summed E-state index contributed by atoms with van der Waals surface area (Å²) in [7, 11) is 4.87. The fourth-order valence-corrected chi connectivity index (χ4v) is 3.93. The molecule has 2 atom stereocenters. The van der Waals surface area contributed by atoms with E-state index in [0.29, 0.717) is 23.7 Å². The van der Waals surface area contributed by atoms with Crippen LogP contribution in [-0.2, 0) is 14.3 Å². The molecule has 1 saturated heterocycles. The zero-order valence-corrected chi connectivity index (χ0v) is 14.9. The Morgan fingerprint density at radius 2 is 1.77 bits per heavy atom. The Hall–Kier alpha value is -2.79. The Morgan fingerprint density at radius 1 is 1.00 bits per heavy atom. The molecule has 2 aliphatic rings. The molecular formula is C21H20O5. The number of methoxy groups -OCH3 is 3. The Morgan fingerprint density at radius 3 is 2.50 bits per heavy atom. The van der Waals surface area contributed by atoms with Crippen molar-refractivity contribution in [2.24, 2.45) is 5.92 Å². The lowest BCUT2D eigenvalue weighted by molar-refractivity contribution is -0.135. The van der Waals surface area contributed by atoms with E-state index in [1.54, 1.807) is 21.3 Å². The summed E-state index contributed by atoms with van der Waals surface area (Å²) in [5.41, 5.74) is 4.48. The lowest BCUT2D eigenvalue weighted by atomic mass is 9.75. The number of rotatable bonds is 4. The number of ether oxygens (including phenoxy) is 4. The van der Waals surface area contributed by atoms with Crippen molar-refractivity contribution in [3.63, 3.8) is 0 Å². The van der Waals surface area contributed by atoms with Crippen LogP contribution in [0, 0.1) is 5.92 Å². The second-order valence-electron chi connectivity index (χ2n) is 6.31. The lowest BCUT2D eigenvalue weighted by Crippen LogP contribution is -2.24.